The van der Waals surface area contributed by atoms with Crippen LogP contribution in [0, 0.1) is 11.8 Å². The van der Waals surface area contributed by atoms with Gasteiger partial charge in [0, 0.05) is 18.6 Å². The smallest absolute Gasteiger partial charge is 0.245 e. The second-order valence-corrected chi connectivity index (χ2v) is 6.08. The first-order valence-corrected chi connectivity index (χ1v) is 7.16. The van der Waals surface area contributed by atoms with Gasteiger partial charge in [0.25, 0.3) is 0 Å². The molecular formula is C14H24N2O3. The van der Waals surface area contributed by atoms with E-state index in [1.807, 2.05) is 6.92 Å². The highest BCUT2D eigenvalue weighted by Crippen LogP contribution is 2.23. The Kier molecular flexibility index (Phi) is 4.45. The second kappa shape index (κ2) is 5.90. The van der Waals surface area contributed by atoms with Gasteiger partial charge in [0.1, 0.15) is 6.04 Å². The van der Waals surface area contributed by atoms with Crippen molar-refractivity contribution in [3.63, 3.8) is 0 Å². The molecule has 2 amide bonds. The number of ether oxygens (including phenoxy) is 1. The van der Waals surface area contributed by atoms with Crippen LogP contribution >= 0.6 is 0 Å². The molecule has 5 nitrogen and oxygen atoms in total. The summed E-state index contributed by atoms with van der Waals surface area (Å²) >= 11 is 0. The number of nitrogens with one attached hydrogen (secondary N) is 1. The Hall–Kier alpha value is -1.10. The lowest BCUT2D eigenvalue weighted by atomic mass is 9.95. The van der Waals surface area contributed by atoms with E-state index in [4.69, 9.17) is 4.74 Å². The molecular weight excluding hydrogens is 244 g/mol. The Morgan fingerprint density at radius 1 is 1.37 bits per heavy atom. The third-order valence-electron chi connectivity index (χ3n) is 4.08. The van der Waals surface area contributed by atoms with Crippen LogP contribution in [0.2, 0.25) is 0 Å². The minimum absolute atomic E-state index is 0.0454. The lowest BCUT2D eigenvalue weighted by molar-refractivity contribution is -0.147. The minimum atomic E-state index is -0.356. The average molecular weight is 268 g/mol. The highest BCUT2D eigenvalue weighted by Gasteiger charge is 2.38. The molecule has 19 heavy (non-hydrogen) atoms. The monoisotopic (exact) mass is 268 g/mol. The van der Waals surface area contributed by atoms with Gasteiger partial charge in [-0.15, -0.1) is 0 Å². The van der Waals surface area contributed by atoms with Crippen LogP contribution in [0.15, 0.2) is 0 Å². The fourth-order valence-electron chi connectivity index (χ4n) is 2.90. The van der Waals surface area contributed by atoms with Gasteiger partial charge in [-0.1, -0.05) is 13.8 Å². The number of carbonyl (C=O) groups is 2. The summed E-state index contributed by atoms with van der Waals surface area (Å²) in [6.07, 6.45) is 1.68. The topological polar surface area (TPSA) is 58.6 Å². The predicted octanol–water partition coefficient (Wildman–Crippen LogP) is 0.784. The van der Waals surface area contributed by atoms with E-state index in [1.165, 1.54) is 0 Å². The molecule has 0 aromatic rings. The molecule has 0 saturated carbocycles. The van der Waals surface area contributed by atoms with Gasteiger partial charge < -0.3 is 15.0 Å². The Morgan fingerprint density at radius 3 is 2.68 bits per heavy atom. The van der Waals surface area contributed by atoms with Crippen molar-refractivity contribution >= 4 is 11.8 Å². The molecule has 2 aliphatic heterocycles. The molecule has 2 rings (SSSR count). The van der Waals surface area contributed by atoms with Gasteiger partial charge in [0.2, 0.25) is 11.8 Å². The minimum Gasteiger partial charge on any atom is -0.381 e. The van der Waals surface area contributed by atoms with E-state index in [9.17, 15) is 9.59 Å². The largest absolute Gasteiger partial charge is 0.381 e. The molecule has 2 heterocycles. The SMILES string of the molecule is CC(C)CC1NC(=O)CN(C(C)C2CCOC2)C1=O. The molecule has 2 saturated heterocycles. The van der Waals surface area contributed by atoms with Crippen LogP contribution in [-0.4, -0.2) is 48.6 Å². The molecule has 2 fully saturated rings. The summed E-state index contributed by atoms with van der Waals surface area (Å²) in [5.41, 5.74) is 0. The molecule has 0 aromatic heterocycles. The summed E-state index contributed by atoms with van der Waals surface area (Å²) in [5.74, 6) is 0.762. The van der Waals surface area contributed by atoms with Crippen molar-refractivity contribution in [3.8, 4) is 0 Å². The zero-order chi connectivity index (χ0) is 14.0. The number of amides is 2. The van der Waals surface area contributed by atoms with Crippen molar-refractivity contribution in [3.05, 3.63) is 0 Å². The Bertz CT molecular complexity index is 351. The highest BCUT2D eigenvalue weighted by molar-refractivity contribution is 5.95. The van der Waals surface area contributed by atoms with E-state index >= 15 is 0 Å². The van der Waals surface area contributed by atoms with Crippen LogP contribution in [-0.2, 0) is 14.3 Å². The van der Waals surface area contributed by atoms with E-state index in [0.717, 1.165) is 13.0 Å². The van der Waals surface area contributed by atoms with Crippen LogP contribution in [0.1, 0.15) is 33.6 Å². The van der Waals surface area contributed by atoms with Crippen LogP contribution in [0.4, 0.5) is 0 Å². The van der Waals surface area contributed by atoms with Crippen molar-refractivity contribution in [2.75, 3.05) is 19.8 Å². The summed E-state index contributed by atoms with van der Waals surface area (Å²) in [5, 5.41) is 2.81. The Balaban J connectivity index is 2.05. The summed E-state index contributed by atoms with van der Waals surface area (Å²) in [4.78, 5) is 26.0. The number of hydrogen-bond acceptors (Lipinski definition) is 3. The molecule has 108 valence electrons. The van der Waals surface area contributed by atoms with E-state index in [-0.39, 0.29) is 30.4 Å². The van der Waals surface area contributed by atoms with Gasteiger partial charge in [-0.3, -0.25) is 9.59 Å². The average Bonchev–Trinajstić information content (AvgIpc) is 2.85. The standard InChI is InChI=1S/C14H24N2O3/c1-9(2)6-12-14(18)16(7-13(17)15-12)10(3)11-4-5-19-8-11/h9-12H,4-8H2,1-3H3,(H,15,17). The van der Waals surface area contributed by atoms with Crippen molar-refractivity contribution in [2.24, 2.45) is 11.8 Å². The van der Waals surface area contributed by atoms with Gasteiger partial charge in [-0.2, -0.15) is 0 Å². The van der Waals surface area contributed by atoms with E-state index in [1.54, 1.807) is 4.90 Å². The number of rotatable bonds is 4. The van der Waals surface area contributed by atoms with Crippen LogP contribution in [0.3, 0.4) is 0 Å². The zero-order valence-corrected chi connectivity index (χ0v) is 12.0. The highest BCUT2D eigenvalue weighted by atomic mass is 16.5. The Morgan fingerprint density at radius 2 is 2.11 bits per heavy atom. The maximum absolute atomic E-state index is 12.5. The molecule has 0 aromatic carbocycles. The third-order valence-corrected chi connectivity index (χ3v) is 4.08. The fraction of sp³-hybridized carbons (Fsp3) is 0.857. The molecule has 0 bridgehead atoms. The lowest BCUT2D eigenvalue weighted by Gasteiger charge is -2.39. The molecule has 3 atom stereocenters. The second-order valence-electron chi connectivity index (χ2n) is 6.08. The zero-order valence-electron chi connectivity index (χ0n) is 12.0. The number of piperazine rings is 1. The molecule has 0 radical (unpaired) electrons. The van der Waals surface area contributed by atoms with Crippen molar-refractivity contribution in [1.29, 1.82) is 0 Å². The van der Waals surface area contributed by atoms with Gasteiger partial charge in [-0.25, -0.2) is 0 Å². The summed E-state index contributed by atoms with van der Waals surface area (Å²) in [6.45, 7) is 7.80. The van der Waals surface area contributed by atoms with Gasteiger partial charge in [-0.05, 0) is 25.7 Å². The number of hydrogen-bond donors (Lipinski definition) is 1. The first-order valence-electron chi connectivity index (χ1n) is 7.16. The van der Waals surface area contributed by atoms with Crippen molar-refractivity contribution in [1.82, 2.24) is 10.2 Å². The van der Waals surface area contributed by atoms with Crippen molar-refractivity contribution < 1.29 is 14.3 Å². The van der Waals surface area contributed by atoms with E-state index < -0.39 is 0 Å². The molecule has 2 aliphatic rings. The summed E-state index contributed by atoms with van der Waals surface area (Å²) in [7, 11) is 0. The maximum atomic E-state index is 12.5. The van der Waals surface area contributed by atoms with Crippen LogP contribution in [0.25, 0.3) is 0 Å². The normalized spacial score (nSPS) is 29.8. The molecule has 3 unspecified atom stereocenters. The maximum Gasteiger partial charge on any atom is 0.245 e. The number of nitrogens with zero attached hydrogens (tertiary/aromatic N) is 1. The summed E-state index contributed by atoms with van der Waals surface area (Å²) < 4.78 is 5.38. The quantitative estimate of drug-likeness (QED) is 0.820. The van der Waals surface area contributed by atoms with E-state index in [2.05, 4.69) is 19.2 Å². The first-order chi connectivity index (χ1) is 8.99. The summed E-state index contributed by atoms with van der Waals surface area (Å²) in [6, 6.07) is -0.276. The molecule has 0 aliphatic carbocycles. The third kappa shape index (κ3) is 3.26. The first kappa shape index (κ1) is 14.3. The molecule has 1 N–H and O–H groups in total. The predicted molar refractivity (Wildman–Crippen MR) is 71.5 cm³/mol. The Labute approximate surface area is 114 Å². The molecule has 0 spiro atoms. The van der Waals surface area contributed by atoms with Crippen LogP contribution < -0.4 is 5.32 Å². The van der Waals surface area contributed by atoms with Crippen molar-refractivity contribution in [2.45, 2.75) is 45.7 Å². The van der Waals surface area contributed by atoms with E-state index in [0.29, 0.717) is 24.9 Å². The van der Waals surface area contributed by atoms with Gasteiger partial charge in [0.05, 0.1) is 13.2 Å². The van der Waals surface area contributed by atoms with Gasteiger partial charge in [0.15, 0.2) is 0 Å². The van der Waals surface area contributed by atoms with Gasteiger partial charge >= 0.3 is 0 Å². The fourth-order valence-corrected chi connectivity index (χ4v) is 2.90. The lowest BCUT2D eigenvalue weighted by Crippen LogP contribution is -2.61. The van der Waals surface area contributed by atoms with Crippen LogP contribution in [0.5, 0.6) is 0 Å². The molecule has 5 heteroatoms. The number of carbonyl (C=O) groups excluding carboxylic acids is 2.